The highest BCUT2D eigenvalue weighted by Crippen LogP contribution is 2.21. The average Bonchev–Trinajstić information content (AvgIpc) is 2.97. The molecule has 6 heteroatoms. The molecule has 0 bridgehead atoms. The second-order valence-electron chi connectivity index (χ2n) is 4.40. The molecule has 2 aromatic heterocycles. The van der Waals surface area contributed by atoms with Crippen LogP contribution in [-0.4, -0.2) is 9.55 Å². The molecule has 0 aliphatic carbocycles. The van der Waals surface area contributed by atoms with Crippen LogP contribution in [0.4, 0.5) is 11.6 Å². The molecule has 0 saturated carbocycles. The molecule has 0 aliphatic heterocycles. The lowest BCUT2D eigenvalue weighted by molar-refractivity contribution is 0.730. The van der Waals surface area contributed by atoms with Gasteiger partial charge in [-0.1, -0.05) is 12.1 Å². The van der Waals surface area contributed by atoms with Crippen molar-refractivity contribution in [3.8, 4) is 6.07 Å². The van der Waals surface area contributed by atoms with Crippen LogP contribution in [0.3, 0.4) is 0 Å². The van der Waals surface area contributed by atoms with E-state index in [4.69, 9.17) is 5.26 Å². The quantitative estimate of drug-likeness (QED) is 0.806. The third kappa shape index (κ3) is 2.28. The van der Waals surface area contributed by atoms with Crippen molar-refractivity contribution in [1.29, 1.82) is 5.26 Å². The maximum atomic E-state index is 12.4. The Labute approximate surface area is 125 Å². The van der Waals surface area contributed by atoms with E-state index < -0.39 is 0 Å². The minimum atomic E-state index is -0.0607. The summed E-state index contributed by atoms with van der Waals surface area (Å²) in [6.45, 7) is 2.40. The van der Waals surface area contributed by atoms with Crippen molar-refractivity contribution in [1.82, 2.24) is 9.55 Å². The zero-order valence-corrected chi connectivity index (χ0v) is 12.1. The summed E-state index contributed by atoms with van der Waals surface area (Å²) in [5.41, 5.74) is 1.77. The second-order valence-corrected chi connectivity index (χ2v) is 5.32. The molecule has 0 aliphatic rings. The molecule has 0 amide bonds. The summed E-state index contributed by atoms with van der Waals surface area (Å²) < 4.78 is 2.23. The first-order valence-corrected chi connectivity index (χ1v) is 7.36. The number of nitrogens with one attached hydrogen (secondary N) is 1. The first kappa shape index (κ1) is 13.3. The lowest BCUT2D eigenvalue weighted by atomic mass is 10.2. The summed E-state index contributed by atoms with van der Waals surface area (Å²) in [6, 6.07) is 11.1. The van der Waals surface area contributed by atoms with E-state index >= 15 is 0 Å². The summed E-state index contributed by atoms with van der Waals surface area (Å²) in [5, 5.41) is 14.1. The highest BCUT2D eigenvalue weighted by Gasteiger charge is 2.12. The number of benzene rings is 1. The number of hydrogen-bond acceptors (Lipinski definition) is 5. The predicted octanol–water partition coefficient (Wildman–Crippen LogP) is 3.09. The summed E-state index contributed by atoms with van der Waals surface area (Å²) >= 11 is 1.39. The van der Waals surface area contributed by atoms with Crippen molar-refractivity contribution < 1.29 is 0 Å². The van der Waals surface area contributed by atoms with Crippen LogP contribution in [0.15, 0.2) is 40.5 Å². The second kappa shape index (κ2) is 5.38. The number of fused-ring (bicyclic) bond motifs is 1. The number of thiophene rings is 1. The highest BCUT2D eigenvalue weighted by molar-refractivity contribution is 7.17. The van der Waals surface area contributed by atoms with Crippen molar-refractivity contribution in [2.24, 2.45) is 0 Å². The molecular formula is C15H12N4OS. The van der Waals surface area contributed by atoms with Gasteiger partial charge in [-0.05, 0) is 30.5 Å². The zero-order chi connectivity index (χ0) is 14.8. The van der Waals surface area contributed by atoms with Gasteiger partial charge in [-0.3, -0.25) is 9.36 Å². The van der Waals surface area contributed by atoms with Gasteiger partial charge in [0.05, 0.1) is 16.8 Å². The van der Waals surface area contributed by atoms with Gasteiger partial charge in [0.1, 0.15) is 10.8 Å². The number of nitriles is 1. The molecule has 0 fully saturated rings. The van der Waals surface area contributed by atoms with Crippen LogP contribution in [0, 0.1) is 11.3 Å². The first-order chi connectivity index (χ1) is 10.2. The number of rotatable bonds is 3. The van der Waals surface area contributed by atoms with Crippen LogP contribution in [0.5, 0.6) is 0 Å². The number of anilines is 2. The van der Waals surface area contributed by atoms with Crippen molar-refractivity contribution in [3.63, 3.8) is 0 Å². The van der Waals surface area contributed by atoms with Crippen molar-refractivity contribution in [2.45, 2.75) is 13.5 Å². The van der Waals surface area contributed by atoms with E-state index in [1.54, 1.807) is 22.8 Å². The number of aromatic nitrogens is 2. The molecule has 104 valence electrons. The third-order valence-corrected chi connectivity index (χ3v) is 4.07. The fraction of sp³-hybridized carbons (Fsp3) is 0.133. The largest absolute Gasteiger partial charge is 0.324 e. The maximum absolute atomic E-state index is 12.4. The number of hydrogen-bond donors (Lipinski definition) is 1. The molecule has 1 aromatic carbocycles. The van der Waals surface area contributed by atoms with Gasteiger partial charge in [-0.2, -0.15) is 5.26 Å². The standard InChI is InChI=1S/C15H12N4OS/c1-2-19-14(20)13-12(7-8-21-13)18-15(19)17-11-6-4-3-5-10(11)9-16/h3-8H,2H2,1H3,(H,17,18). The molecule has 5 nitrogen and oxygen atoms in total. The van der Waals surface area contributed by atoms with E-state index in [9.17, 15) is 4.79 Å². The van der Waals surface area contributed by atoms with Gasteiger partial charge in [0.2, 0.25) is 5.95 Å². The minimum absolute atomic E-state index is 0.0607. The number of nitrogens with zero attached hydrogens (tertiary/aromatic N) is 3. The normalized spacial score (nSPS) is 10.5. The maximum Gasteiger partial charge on any atom is 0.272 e. The molecule has 21 heavy (non-hydrogen) atoms. The molecular weight excluding hydrogens is 284 g/mol. The van der Waals surface area contributed by atoms with Gasteiger partial charge in [-0.15, -0.1) is 11.3 Å². The van der Waals surface area contributed by atoms with Crippen LogP contribution in [-0.2, 0) is 6.54 Å². The Morgan fingerprint density at radius 2 is 2.19 bits per heavy atom. The van der Waals surface area contributed by atoms with Gasteiger partial charge in [0.25, 0.3) is 5.56 Å². The zero-order valence-electron chi connectivity index (χ0n) is 11.3. The van der Waals surface area contributed by atoms with Crippen molar-refractivity contribution >= 4 is 33.2 Å². The molecule has 2 heterocycles. The van der Waals surface area contributed by atoms with Crippen LogP contribution >= 0.6 is 11.3 Å². The third-order valence-electron chi connectivity index (χ3n) is 3.18. The summed E-state index contributed by atoms with van der Waals surface area (Å²) in [4.78, 5) is 16.9. The fourth-order valence-electron chi connectivity index (χ4n) is 2.14. The Morgan fingerprint density at radius 1 is 1.38 bits per heavy atom. The molecule has 3 rings (SSSR count). The van der Waals surface area contributed by atoms with Crippen LogP contribution < -0.4 is 10.9 Å². The van der Waals surface area contributed by atoms with E-state index in [0.717, 1.165) is 0 Å². The van der Waals surface area contributed by atoms with E-state index in [1.165, 1.54) is 11.3 Å². The van der Waals surface area contributed by atoms with Gasteiger partial charge < -0.3 is 5.32 Å². The molecule has 0 spiro atoms. The summed E-state index contributed by atoms with van der Waals surface area (Å²) in [7, 11) is 0. The van der Waals surface area contributed by atoms with Gasteiger partial charge in [-0.25, -0.2) is 4.98 Å². The Morgan fingerprint density at radius 3 is 2.95 bits per heavy atom. The topological polar surface area (TPSA) is 70.7 Å². The Hall–Kier alpha value is -2.65. The summed E-state index contributed by atoms with van der Waals surface area (Å²) in [5.74, 6) is 0.455. The van der Waals surface area contributed by atoms with Crippen LogP contribution in [0.1, 0.15) is 12.5 Å². The molecule has 0 unspecified atom stereocenters. The molecule has 0 atom stereocenters. The van der Waals surface area contributed by atoms with E-state index in [-0.39, 0.29) is 5.56 Å². The van der Waals surface area contributed by atoms with Gasteiger partial charge in [0.15, 0.2) is 0 Å². The molecule has 3 aromatic rings. The summed E-state index contributed by atoms with van der Waals surface area (Å²) in [6.07, 6.45) is 0. The lowest BCUT2D eigenvalue weighted by Crippen LogP contribution is -2.22. The fourth-order valence-corrected chi connectivity index (χ4v) is 2.92. The Bertz CT molecular complexity index is 904. The predicted molar refractivity (Wildman–Crippen MR) is 84.0 cm³/mol. The number of para-hydroxylation sites is 1. The van der Waals surface area contributed by atoms with Gasteiger partial charge >= 0.3 is 0 Å². The van der Waals surface area contributed by atoms with Crippen molar-refractivity contribution in [2.75, 3.05) is 5.32 Å². The van der Waals surface area contributed by atoms with Crippen LogP contribution in [0.25, 0.3) is 10.2 Å². The van der Waals surface area contributed by atoms with Crippen LogP contribution in [0.2, 0.25) is 0 Å². The molecule has 1 N–H and O–H groups in total. The average molecular weight is 296 g/mol. The SMILES string of the molecule is CCn1c(Nc2ccccc2C#N)nc2ccsc2c1=O. The Balaban J connectivity index is 2.16. The molecule has 0 saturated heterocycles. The first-order valence-electron chi connectivity index (χ1n) is 6.48. The lowest BCUT2D eigenvalue weighted by Gasteiger charge is -2.12. The van der Waals surface area contributed by atoms with Crippen molar-refractivity contribution in [3.05, 3.63) is 51.6 Å². The monoisotopic (exact) mass is 296 g/mol. The van der Waals surface area contributed by atoms with E-state index in [0.29, 0.717) is 34.0 Å². The van der Waals surface area contributed by atoms with E-state index in [2.05, 4.69) is 16.4 Å². The van der Waals surface area contributed by atoms with E-state index in [1.807, 2.05) is 24.4 Å². The Kier molecular flexibility index (Phi) is 3.42. The highest BCUT2D eigenvalue weighted by atomic mass is 32.1. The minimum Gasteiger partial charge on any atom is -0.324 e. The van der Waals surface area contributed by atoms with Gasteiger partial charge in [0, 0.05) is 6.54 Å². The smallest absolute Gasteiger partial charge is 0.272 e. The molecule has 0 radical (unpaired) electrons.